The van der Waals surface area contributed by atoms with Gasteiger partial charge in [-0.3, -0.25) is 9.59 Å². The van der Waals surface area contributed by atoms with Gasteiger partial charge in [0.25, 0.3) is 11.8 Å². The average Bonchev–Trinajstić information content (AvgIpc) is 3.37. The quantitative estimate of drug-likeness (QED) is 0.332. The third kappa shape index (κ3) is 4.93. The van der Waals surface area contributed by atoms with Gasteiger partial charge in [0.15, 0.2) is 23.0 Å². The Bertz CT molecular complexity index is 1610. The standard InChI is InChI=1S/C30H26F3N3O6/c1-29(2,3)42-28(40)36-26(38)30(34-27(36)39,15-35-14-18-11-20(41-4)9-10-21(18)25(35)37)19-7-5-16(6-8-19)17-12-22(31)24(33)23(32)13-17/h5-13H,14-15H2,1-4H3,(H,34,39). The first kappa shape index (κ1) is 28.7. The van der Waals surface area contributed by atoms with Crippen LogP contribution in [0.4, 0.5) is 22.8 Å². The molecule has 1 atom stereocenters. The molecule has 0 aliphatic carbocycles. The van der Waals surface area contributed by atoms with Gasteiger partial charge in [0.2, 0.25) is 0 Å². The number of nitrogens with zero attached hydrogens (tertiary/aromatic N) is 2. The lowest BCUT2D eigenvalue weighted by atomic mass is 9.87. The van der Waals surface area contributed by atoms with E-state index in [9.17, 15) is 32.3 Å². The van der Waals surface area contributed by atoms with Crippen molar-refractivity contribution in [2.45, 2.75) is 38.5 Å². The molecule has 1 unspecified atom stereocenters. The molecule has 0 saturated carbocycles. The highest BCUT2D eigenvalue weighted by Gasteiger charge is 2.57. The molecule has 42 heavy (non-hydrogen) atoms. The number of hydrogen-bond donors (Lipinski definition) is 1. The second-order valence-corrected chi connectivity index (χ2v) is 11.0. The van der Waals surface area contributed by atoms with Crippen LogP contribution in [-0.2, 0) is 21.6 Å². The highest BCUT2D eigenvalue weighted by atomic mass is 19.2. The van der Waals surface area contributed by atoms with Gasteiger partial charge in [0.1, 0.15) is 11.4 Å². The number of nitrogens with one attached hydrogen (secondary N) is 1. The highest BCUT2D eigenvalue weighted by Crippen LogP contribution is 2.36. The van der Waals surface area contributed by atoms with Gasteiger partial charge in [0, 0.05) is 12.1 Å². The van der Waals surface area contributed by atoms with E-state index in [1.165, 1.54) is 36.3 Å². The zero-order valence-electron chi connectivity index (χ0n) is 23.1. The Balaban J connectivity index is 1.55. The summed E-state index contributed by atoms with van der Waals surface area (Å²) in [4.78, 5) is 55.0. The van der Waals surface area contributed by atoms with Gasteiger partial charge in [-0.1, -0.05) is 24.3 Å². The van der Waals surface area contributed by atoms with Crippen LogP contribution >= 0.6 is 0 Å². The van der Waals surface area contributed by atoms with E-state index < -0.39 is 52.5 Å². The second-order valence-electron chi connectivity index (χ2n) is 11.0. The van der Waals surface area contributed by atoms with E-state index in [2.05, 4.69) is 5.32 Å². The maximum Gasteiger partial charge on any atom is 0.425 e. The third-order valence-electron chi connectivity index (χ3n) is 6.98. The van der Waals surface area contributed by atoms with E-state index in [1.807, 2.05) is 0 Å². The van der Waals surface area contributed by atoms with E-state index in [4.69, 9.17) is 9.47 Å². The monoisotopic (exact) mass is 581 g/mol. The number of fused-ring (bicyclic) bond motifs is 1. The highest BCUT2D eigenvalue weighted by molar-refractivity contribution is 6.17. The molecular formula is C30H26F3N3O6. The summed E-state index contributed by atoms with van der Waals surface area (Å²) in [5.41, 5.74) is -1.41. The number of amides is 5. The lowest BCUT2D eigenvalue weighted by Gasteiger charge is -2.32. The molecule has 3 aromatic carbocycles. The molecule has 2 aliphatic rings. The number of imide groups is 3. The van der Waals surface area contributed by atoms with Crippen molar-refractivity contribution in [3.63, 3.8) is 0 Å². The second kappa shape index (κ2) is 10.2. The smallest absolute Gasteiger partial charge is 0.425 e. The minimum Gasteiger partial charge on any atom is -0.497 e. The van der Waals surface area contributed by atoms with Gasteiger partial charge in [-0.25, -0.2) is 22.8 Å². The van der Waals surface area contributed by atoms with Crippen LogP contribution in [0, 0.1) is 17.5 Å². The fourth-order valence-corrected chi connectivity index (χ4v) is 5.01. The van der Waals surface area contributed by atoms with Gasteiger partial charge >= 0.3 is 12.1 Å². The normalized spacial score (nSPS) is 18.3. The van der Waals surface area contributed by atoms with Crippen molar-refractivity contribution in [2.24, 2.45) is 0 Å². The largest absolute Gasteiger partial charge is 0.497 e. The van der Waals surface area contributed by atoms with Gasteiger partial charge < -0.3 is 19.7 Å². The molecule has 0 aromatic heterocycles. The van der Waals surface area contributed by atoms with Crippen molar-refractivity contribution in [3.8, 4) is 16.9 Å². The molecule has 12 heteroatoms. The number of carbonyl (C=O) groups is 4. The Morgan fingerprint density at radius 2 is 1.60 bits per heavy atom. The zero-order chi connectivity index (χ0) is 30.6. The van der Waals surface area contributed by atoms with E-state index in [0.717, 1.165) is 12.1 Å². The van der Waals surface area contributed by atoms with Gasteiger partial charge in [-0.2, -0.15) is 4.90 Å². The molecule has 218 valence electrons. The summed E-state index contributed by atoms with van der Waals surface area (Å²) in [6, 6.07) is 11.2. The predicted molar refractivity (Wildman–Crippen MR) is 143 cm³/mol. The van der Waals surface area contributed by atoms with Gasteiger partial charge in [-0.15, -0.1) is 0 Å². The van der Waals surface area contributed by atoms with Crippen molar-refractivity contribution in [3.05, 3.63) is 88.7 Å². The first-order valence-electron chi connectivity index (χ1n) is 12.9. The molecule has 1 fully saturated rings. The minimum absolute atomic E-state index is 0.0308. The van der Waals surface area contributed by atoms with Gasteiger partial charge in [-0.05, 0) is 73.4 Å². The summed E-state index contributed by atoms with van der Waals surface area (Å²) in [5, 5.41) is 2.58. The van der Waals surface area contributed by atoms with Crippen molar-refractivity contribution >= 4 is 23.9 Å². The van der Waals surface area contributed by atoms with Crippen LogP contribution in [0.1, 0.15) is 42.3 Å². The van der Waals surface area contributed by atoms with E-state index in [-0.39, 0.29) is 29.8 Å². The third-order valence-corrected chi connectivity index (χ3v) is 6.98. The van der Waals surface area contributed by atoms with Crippen LogP contribution in [0.15, 0.2) is 54.6 Å². The number of methoxy groups -OCH3 is 1. The van der Waals surface area contributed by atoms with Crippen molar-refractivity contribution in [1.29, 1.82) is 0 Å². The van der Waals surface area contributed by atoms with Crippen LogP contribution in [-0.4, -0.2) is 53.0 Å². The van der Waals surface area contributed by atoms with Crippen LogP contribution in [0.5, 0.6) is 5.75 Å². The van der Waals surface area contributed by atoms with E-state index in [1.54, 1.807) is 39.0 Å². The summed E-state index contributed by atoms with van der Waals surface area (Å²) in [6.07, 6.45) is -1.19. The number of rotatable bonds is 5. The summed E-state index contributed by atoms with van der Waals surface area (Å²) >= 11 is 0. The number of ether oxygens (including phenoxy) is 2. The summed E-state index contributed by atoms with van der Waals surface area (Å²) in [7, 11) is 1.49. The number of benzene rings is 3. The molecule has 2 heterocycles. The lowest BCUT2D eigenvalue weighted by molar-refractivity contribution is -0.131. The first-order chi connectivity index (χ1) is 19.7. The molecule has 0 radical (unpaired) electrons. The first-order valence-corrected chi connectivity index (χ1v) is 12.9. The van der Waals surface area contributed by atoms with E-state index in [0.29, 0.717) is 21.8 Å². The maximum absolute atomic E-state index is 14.0. The summed E-state index contributed by atoms with van der Waals surface area (Å²) in [6.45, 7) is 4.46. The summed E-state index contributed by atoms with van der Waals surface area (Å²) in [5.74, 6) is -5.21. The molecule has 5 rings (SSSR count). The molecular weight excluding hydrogens is 555 g/mol. The van der Waals surface area contributed by atoms with Crippen LogP contribution in [0.25, 0.3) is 11.1 Å². The number of urea groups is 1. The molecule has 9 nitrogen and oxygen atoms in total. The molecule has 0 spiro atoms. The fourth-order valence-electron chi connectivity index (χ4n) is 5.01. The average molecular weight is 582 g/mol. The Kier molecular flexibility index (Phi) is 6.96. The molecule has 5 amide bonds. The Hall–Kier alpha value is -4.87. The molecule has 0 bridgehead atoms. The number of carbonyl (C=O) groups excluding carboxylic acids is 4. The lowest BCUT2D eigenvalue weighted by Crippen LogP contribution is -2.53. The van der Waals surface area contributed by atoms with Crippen molar-refractivity contribution < 1.29 is 41.8 Å². The summed E-state index contributed by atoms with van der Waals surface area (Å²) < 4.78 is 51.7. The number of hydrogen-bond acceptors (Lipinski definition) is 6. The van der Waals surface area contributed by atoms with Crippen LogP contribution in [0.2, 0.25) is 0 Å². The van der Waals surface area contributed by atoms with E-state index >= 15 is 0 Å². The Labute approximate surface area is 238 Å². The maximum atomic E-state index is 14.0. The minimum atomic E-state index is -1.92. The molecule has 1 saturated heterocycles. The topological polar surface area (TPSA) is 105 Å². The molecule has 2 aliphatic heterocycles. The zero-order valence-corrected chi connectivity index (χ0v) is 23.1. The predicted octanol–water partition coefficient (Wildman–Crippen LogP) is 5.12. The molecule has 3 aromatic rings. The Morgan fingerprint density at radius 3 is 2.19 bits per heavy atom. The SMILES string of the molecule is COc1ccc2c(c1)CN(CC1(c3ccc(-c4cc(F)c(F)c(F)c4)cc3)NC(=O)N(C(=O)OC(C)(C)C)C1=O)C2=O. The Morgan fingerprint density at radius 1 is 0.952 bits per heavy atom. The fraction of sp³-hybridized carbons (Fsp3) is 0.267. The van der Waals surface area contributed by atoms with Crippen molar-refractivity contribution in [2.75, 3.05) is 13.7 Å². The van der Waals surface area contributed by atoms with Crippen LogP contribution < -0.4 is 10.1 Å². The van der Waals surface area contributed by atoms with Crippen molar-refractivity contribution in [1.82, 2.24) is 15.1 Å². The van der Waals surface area contributed by atoms with Crippen LogP contribution in [0.3, 0.4) is 0 Å². The van der Waals surface area contributed by atoms with Gasteiger partial charge in [0.05, 0.1) is 13.7 Å². The number of halogens is 3. The molecule has 1 N–H and O–H groups in total.